The Bertz CT molecular complexity index is 929. The van der Waals surface area contributed by atoms with Crippen molar-refractivity contribution in [2.75, 3.05) is 6.54 Å². The number of amides is 1. The summed E-state index contributed by atoms with van der Waals surface area (Å²) in [6, 6.07) is 14.8. The molecule has 3 N–H and O–H groups in total. The van der Waals surface area contributed by atoms with Crippen LogP contribution in [0.3, 0.4) is 0 Å². The largest absolute Gasteiger partial charge is 0.486 e. The number of nitrogens with zero attached hydrogens (tertiary/aromatic N) is 2. The highest BCUT2D eigenvalue weighted by Gasteiger charge is 2.16. The van der Waals surface area contributed by atoms with Crippen LogP contribution in [0.15, 0.2) is 48.5 Å². The van der Waals surface area contributed by atoms with Crippen LogP contribution < -0.4 is 15.8 Å². The number of imidazole rings is 1. The average Bonchev–Trinajstić information content (AvgIpc) is 2.97. The first-order valence-corrected chi connectivity index (χ1v) is 9.08. The molecule has 0 saturated heterocycles. The van der Waals surface area contributed by atoms with E-state index in [1.807, 2.05) is 42.7 Å². The summed E-state index contributed by atoms with van der Waals surface area (Å²) in [6.45, 7) is 4.52. The van der Waals surface area contributed by atoms with Gasteiger partial charge < -0.3 is 20.4 Å². The van der Waals surface area contributed by atoms with Gasteiger partial charge in [-0.1, -0.05) is 23.7 Å². The molecule has 0 fully saturated rings. The summed E-state index contributed by atoms with van der Waals surface area (Å²) in [7, 11) is 0. The smallest absolute Gasteiger partial charge is 0.240 e. The Balaban J connectivity index is 1.78. The lowest BCUT2D eigenvalue weighted by Crippen LogP contribution is -2.45. The third-order valence-electron chi connectivity index (χ3n) is 3.96. The molecule has 0 bridgehead atoms. The van der Waals surface area contributed by atoms with Crippen molar-refractivity contribution < 1.29 is 9.53 Å². The third-order valence-corrected chi connectivity index (χ3v) is 4.21. The van der Waals surface area contributed by atoms with Gasteiger partial charge in [0, 0.05) is 17.1 Å². The molecule has 2 aromatic carbocycles. The summed E-state index contributed by atoms with van der Waals surface area (Å²) >= 11 is 5.90. The number of fused-ring (bicyclic) bond motifs is 1. The van der Waals surface area contributed by atoms with Crippen LogP contribution in [-0.2, 0) is 17.9 Å². The molecule has 3 rings (SSSR count). The van der Waals surface area contributed by atoms with Crippen molar-refractivity contribution in [3.8, 4) is 5.75 Å². The standard InChI is InChI=1S/C20H23ClN4O2/c1-20(2,22)13-23-19(26)11-25-17-6-4-3-5-16(17)24-18(25)12-27-15-9-7-14(21)8-10-15/h3-10H,11-13,22H2,1-2H3,(H,23,26). The summed E-state index contributed by atoms with van der Waals surface area (Å²) in [5.41, 5.74) is 7.17. The molecular formula is C20H23ClN4O2. The molecule has 6 nitrogen and oxygen atoms in total. The van der Waals surface area contributed by atoms with E-state index in [0.29, 0.717) is 23.1 Å². The summed E-state index contributed by atoms with van der Waals surface area (Å²) in [5, 5.41) is 3.51. The van der Waals surface area contributed by atoms with Crippen LogP contribution in [0.5, 0.6) is 5.75 Å². The topological polar surface area (TPSA) is 82.2 Å². The number of rotatable bonds is 7. The quantitative estimate of drug-likeness (QED) is 0.653. The average molecular weight is 387 g/mol. The van der Waals surface area contributed by atoms with Crippen LogP contribution in [0.2, 0.25) is 5.02 Å². The Kier molecular flexibility index (Phi) is 5.68. The molecule has 27 heavy (non-hydrogen) atoms. The number of nitrogens with one attached hydrogen (secondary N) is 1. The van der Waals surface area contributed by atoms with E-state index in [9.17, 15) is 4.79 Å². The van der Waals surface area contributed by atoms with Crippen LogP contribution in [-0.4, -0.2) is 27.5 Å². The number of para-hydroxylation sites is 2. The predicted octanol–water partition coefficient (Wildman–Crippen LogP) is 3.12. The van der Waals surface area contributed by atoms with E-state index >= 15 is 0 Å². The van der Waals surface area contributed by atoms with Gasteiger partial charge in [0.1, 0.15) is 24.7 Å². The molecule has 0 atom stereocenters. The molecule has 0 aliphatic heterocycles. The van der Waals surface area contributed by atoms with Crippen molar-refractivity contribution in [3.63, 3.8) is 0 Å². The van der Waals surface area contributed by atoms with Gasteiger partial charge in [-0.25, -0.2) is 4.98 Å². The molecule has 0 saturated carbocycles. The maximum Gasteiger partial charge on any atom is 0.240 e. The highest BCUT2D eigenvalue weighted by atomic mass is 35.5. The van der Waals surface area contributed by atoms with Crippen LogP contribution in [0, 0.1) is 0 Å². The van der Waals surface area contributed by atoms with E-state index in [2.05, 4.69) is 10.3 Å². The highest BCUT2D eigenvalue weighted by molar-refractivity contribution is 6.30. The molecule has 0 unspecified atom stereocenters. The van der Waals surface area contributed by atoms with E-state index in [1.54, 1.807) is 24.3 Å². The number of halogens is 1. The summed E-state index contributed by atoms with van der Waals surface area (Å²) in [4.78, 5) is 17.0. The molecule has 3 aromatic rings. The molecule has 1 amide bonds. The van der Waals surface area contributed by atoms with Gasteiger partial charge >= 0.3 is 0 Å². The van der Waals surface area contributed by atoms with Crippen LogP contribution in [0.25, 0.3) is 11.0 Å². The van der Waals surface area contributed by atoms with Gasteiger partial charge in [0.05, 0.1) is 11.0 Å². The first kappa shape index (κ1) is 19.2. The van der Waals surface area contributed by atoms with Gasteiger partial charge in [-0.05, 0) is 50.2 Å². The van der Waals surface area contributed by atoms with Gasteiger partial charge in [-0.2, -0.15) is 0 Å². The van der Waals surface area contributed by atoms with Crippen LogP contribution >= 0.6 is 11.6 Å². The van der Waals surface area contributed by atoms with Crippen molar-refractivity contribution in [1.82, 2.24) is 14.9 Å². The third kappa shape index (κ3) is 5.21. The number of benzene rings is 2. The Morgan fingerprint density at radius 3 is 2.63 bits per heavy atom. The Labute approximate surface area is 163 Å². The second-order valence-electron chi connectivity index (χ2n) is 7.11. The molecule has 1 aromatic heterocycles. The highest BCUT2D eigenvalue weighted by Crippen LogP contribution is 2.20. The number of carbonyl (C=O) groups is 1. The van der Waals surface area contributed by atoms with E-state index in [1.165, 1.54) is 0 Å². The minimum absolute atomic E-state index is 0.121. The lowest BCUT2D eigenvalue weighted by molar-refractivity contribution is -0.121. The van der Waals surface area contributed by atoms with E-state index in [0.717, 1.165) is 11.0 Å². The number of nitrogens with two attached hydrogens (primary N) is 1. The van der Waals surface area contributed by atoms with Crippen molar-refractivity contribution in [1.29, 1.82) is 0 Å². The van der Waals surface area contributed by atoms with Crippen molar-refractivity contribution in [3.05, 3.63) is 59.4 Å². The second-order valence-corrected chi connectivity index (χ2v) is 7.55. The normalized spacial score (nSPS) is 11.6. The van der Waals surface area contributed by atoms with E-state index in [4.69, 9.17) is 22.1 Å². The summed E-state index contributed by atoms with van der Waals surface area (Å²) < 4.78 is 7.68. The van der Waals surface area contributed by atoms with Gasteiger partial charge in [0.15, 0.2) is 0 Å². The van der Waals surface area contributed by atoms with Crippen molar-refractivity contribution >= 4 is 28.5 Å². The van der Waals surface area contributed by atoms with Gasteiger partial charge in [-0.15, -0.1) is 0 Å². The molecule has 142 valence electrons. The van der Waals surface area contributed by atoms with E-state index in [-0.39, 0.29) is 19.1 Å². The Morgan fingerprint density at radius 1 is 1.22 bits per heavy atom. The zero-order valence-corrected chi connectivity index (χ0v) is 16.2. The van der Waals surface area contributed by atoms with E-state index < -0.39 is 5.54 Å². The van der Waals surface area contributed by atoms with Gasteiger partial charge in [0.25, 0.3) is 0 Å². The Hall–Kier alpha value is -2.57. The zero-order valence-electron chi connectivity index (χ0n) is 15.4. The van der Waals surface area contributed by atoms with Gasteiger partial charge in [0.2, 0.25) is 5.91 Å². The van der Waals surface area contributed by atoms with Gasteiger partial charge in [-0.3, -0.25) is 4.79 Å². The molecule has 0 radical (unpaired) electrons. The molecule has 7 heteroatoms. The minimum atomic E-state index is -0.465. The minimum Gasteiger partial charge on any atom is -0.486 e. The lowest BCUT2D eigenvalue weighted by atomic mass is 10.1. The monoisotopic (exact) mass is 386 g/mol. The fraction of sp³-hybridized carbons (Fsp3) is 0.300. The molecule has 1 heterocycles. The number of aromatic nitrogens is 2. The van der Waals surface area contributed by atoms with Crippen LogP contribution in [0.4, 0.5) is 0 Å². The van der Waals surface area contributed by atoms with Crippen LogP contribution in [0.1, 0.15) is 19.7 Å². The maximum absolute atomic E-state index is 12.4. The maximum atomic E-state index is 12.4. The number of ether oxygens (including phenoxy) is 1. The molecule has 0 aliphatic rings. The fourth-order valence-corrected chi connectivity index (χ4v) is 2.74. The first-order valence-electron chi connectivity index (χ1n) is 8.70. The predicted molar refractivity (Wildman–Crippen MR) is 107 cm³/mol. The number of hydrogen-bond acceptors (Lipinski definition) is 4. The summed E-state index contributed by atoms with van der Waals surface area (Å²) in [6.07, 6.45) is 0. The molecular weight excluding hydrogens is 364 g/mol. The Morgan fingerprint density at radius 2 is 1.93 bits per heavy atom. The molecule has 0 aliphatic carbocycles. The fourth-order valence-electron chi connectivity index (χ4n) is 2.62. The first-order chi connectivity index (χ1) is 12.8. The summed E-state index contributed by atoms with van der Waals surface area (Å²) in [5.74, 6) is 1.24. The zero-order chi connectivity index (χ0) is 19.4. The number of hydrogen-bond donors (Lipinski definition) is 2. The molecule has 0 spiro atoms. The second kappa shape index (κ2) is 7.98. The lowest BCUT2D eigenvalue weighted by Gasteiger charge is -2.19. The number of carbonyl (C=O) groups excluding carboxylic acids is 1. The van der Waals surface area contributed by atoms with Crippen molar-refractivity contribution in [2.24, 2.45) is 5.73 Å². The SMILES string of the molecule is CC(C)(N)CNC(=O)Cn1c(COc2ccc(Cl)cc2)nc2ccccc21. The van der Waals surface area contributed by atoms with Crippen molar-refractivity contribution in [2.45, 2.75) is 32.5 Å².